The molecule has 0 aliphatic rings. The van der Waals surface area contributed by atoms with Crippen molar-refractivity contribution in [3.05, 3.63) is 0 Å². The van der Waals surface area contributed by atoms with Crippen LogP contribution in [0.5, 0.6) is 0 Å². The Morgan fingerprint density at radius 2 is 1.35 bits per heavy atom. The van der Waals surface area contributed by atoms with Gasteiger partial charge in [-0.1, -0.05) is 20.3 Å². The molecule has 0 heterocycles. The number of rotatable bonds is 15. The lowest BCUT2D eigenvalue weighted by Crippen LogP contribution is -2.13. The molecule has 6 heteroatoms. The van der Waals surface area contributed by atoms with Crippen LogP contribution in [0.3, 0.4) is 0 Å². The molecule has 0 amide bonds. The molecule has 0 aliphatic heterocycles. The molecular formula is C14H28O6. The van der Waals surface area contributed by atoms with E-state index in [0.717, 1.165) is 13.0 Å². The molecule has 0 rings (SSSR count). The smallest absolute Gasteiger partial charge is 0.305 e. The molecule has 0 bridgehead atoms. The minimum absolute atomic E-state index is 0.0275. The first-order valence-corrected chi connectivity index (χ1v) is 7.19. The molecule has 0 fully saturated rings. The van der Waals surface area contributed by atoms with Crippen molar-refractivity contribution in [3.8, 4) is 0 Å². The fraction of sp³-hybridized carbons (Fsp3) is 0.929. The standard InChI is InChI=1S/C14H28O6/c1-3-13(2)12-20-11-10-19-9-8-18-7-6-17-5-4-14(15)16/h13H,3-12H2,1-2H3,(H,15,16). The summed E-state index contributed by atoms with van der Waals surface area (Å²) in [6.07, 6.45) is 1.16. The summed E-state index contributed by atoms with van der Waals surface area (Å²) in [6.45, 7) is 8.40. The van der Waals surface area contributed by atoms with E-state index < -0.39 is 5.97 Å². The van der Waals surface area contributed by atoms with Gasteiger partial charge in [0.05, 0.1) is 52.7 Å². The third-order valence-corrected chi connectivity index (χ3v) is 2.68. The molecule has 0 saturated heterocycles. The van der Waals surface area contributed by atoms with Crippen molar-refractivity contribution in [2.45, 2.75) is 26.7 Å². The highest BCUT2D eigenvalue weighted by molar-refractivity contribution is 5.66. The highest BCUT2D eigenvalue weighted by atomic mass is 16.6. The predicted octanol–water partition coefficient (Wildman–Crippen LogP) is 1.57. The quantitative estimate of drug-likeness (QED) is 0.462. The minimum Gasteiger partial charge on any atom is -0.481 e. The summed E-state index contributed by atoms with van der Waals surface area (Å²) >= 11 is 0. The maximum Gasteiger partial charge on any atom is 0.305 e. The fourth-order valence-corrected chi connectivity index (χ4v) is 1.22. The maximum atomic E-state index is 10.2. The van der Waals surface area contributed by atoms with Crippen LogP contribution in [-0.2, 0) is 23.7 Å². The van der Waals surface area contributed by atoms with E-state index in [0.29, 0.717) is 45.6 Å². The minimum atomic E-state index is -0.852. The number of carbonyl (C=O) groups is 1. The summed E-state index contributed by atoms with van der Waals surface area (Å²) in [6, 6.07) is 0. The summed E-state index contributed by atoms with van der Waals surface area (Å²) in [5, 5.41) is 8.38. The van der Waals surface area contributed by atoms with Gasteiger partial charge in [0.2, 0.25) is 0 Å². The molecule has 0 radical (unpaired) electrons. The van der Waals surface area contributed by atoms with Crippen molar-refractivity contribution in [1.29, 1.82) is 0 Å². The Labute approximate surface area is 121 Å². The van der Waals surface area contributed by atoms with E-state index in [1.54, 1.807) is 0 Å². The van der Waals surface area contributed by atoms with Crippen molar-refractivity contribution < 1.29 is 28.8 Å². The van der Waals surface area contributed by atoms with Gasteiger partial charge in [-0.25, -0.2) is 0 Å². The summed E-state index contributed by atoms with van der Waals surface area (Å²) in [4.78, 5) is 10.2. The van der Waals surface area contributed by atoms with Crippen LogP contribution in [0.4, 0.5) is 0 Å². The van der Waals surface area contributed by atoms with Crippen LogP contribution in [0, 0.1) is 5.92 Å². The molecule has 120 valence electrons. The van der Waals surface area contributed by atoms with Crippen LogP contribution < -0.4 is 0 Å². The Balaban J connectivity index is 3.01. The average Bonchev–Trinajstić information content (AvgIpc) is 2.43. The zero-order valence-electron chi connectivity index (χ0n) is 12.6. The summed E-state index contributed by atoms with van der Waals surface area (Å²) < 4.78 is 21.1. The monoisotopic (exact) mass is 292 g/mol. The first kappa shape index (κ1) is 19.3. The highest BCUT2D eigenvalue weighted by Crippen LogP contribution is 1.99. The summed E-state index contributed by atoms with van der Waals surface area (Å²) in [7, 11) is 0. The molecule has 0 aromatic rings. The van der Waals surface area contributed by atoms with Crippen molar-refractivity contribution in [3.63, 3.8) is 0 Å². The number of hydrogen-bond donors (Lipinski definition) is 1. The normalized spacial score (nSPS) is 12.5. The Kier molecular flexibility index (Phi) is 14.2. The van der Waals surface area contributed by atoms with Gasteiger partial charge in [-0.2, -0.15) is 0 Å². The van der Waals surface area contributed by atoms with Crippen LogP contribution >= 0.6 is 0 Å². The second kappa shape index (κ2) is 14.7. The van der Waals surface area contributed by atoms with Crippen molar-refractivity contribution in [2.24, 2.45) is 5.92 Å². The first-order valence-electron chi connectivity index (χ1n) is 7.19. The SMILES string of the molecule is CCC(C)COCCOCCOCCOCCC(=O)O. The molecule has 6 nitrogen and oxygen atoms in total. The fourth-order valence-electron chi connectivity index (χ4n) is 1.22. The largest absolute Gasteiger partial charge is 0.481 e. The number of ether oxygens (including phenoxy) is 4. The van der Waals surface area contributed by atoms with E-state index in [1.165, 1.54) is 0 Å². The van der Waals surface area contributed by atoms with Crippen LogP contribution in [-0.4, -0.2) is 63.9 Å². The predicted molar refractivity (Wildman–Crippen MR) is 75.0 cm³/mol. The lowest BCUT2D eigenvalue weighted by Gasteiger charge is -2.10. The number of carboxylic acid groups (broad SMARTS) is 1. The Morgan fingerprint density at radius 1 is 0.900 bits per heavy atom. The van der Waals surface area contributed by atoms with Crippen LogP contribution in [0.25, 0.3) is 0 Å². The number of aliphatic carboxylic acids is 1. The average molecular weight is 292 g/mol. The molecule has 0 aromatic heterocycles. The molecule has 1 N–H and O–H groups in total. The van der Waals surface area contributed by atoms with Gasteiger partial charge in [0.25, 0.3) is 0 Å². The number of hydrogen-bond acceptors (Lipinski definition) is 5. The molecule has 0 saturated carbocycles. The summed E-state index contributed by atoms with van der Waals surface area (Å²) in [5.41, 5.74) is 0. The van der Waals surface area contributed by atoms with Crippen LogP contribution in [0.1, 0.15) is 26.7 Å². The van der Waals surface area contributed by atoms with E-state index in [9.17, 15) is 4.79 Å². The van der Waals surface area contributed by atoms with Gasteiger partial charge >= 0.3 is 5.97 Å². The molecule has 20 heavy (non-hydrogen) atoms. The van der Waals surface area contributed by atoms with Crippen LogP contribution in [0.15, 0.2) is 0 Å². The van der Waals surface area contributed by atoms with Gasteiger partial charge in [0.15, 0.2) is 0 Å². The van der Waals surface area contributed by atoms with E-state index in [4.69, 9.17) is 24.1 Å². The number of carboxylic acids is 1. The van der Waals surface area contributed by atoms with Gasteiger partial charge in [-0.15, -0.1) is 0 Å². The second-order valence-electron chi connectivity index (χ2n) is 4.57. The van der Waals surface area contributed by atoms with Crippen molar-refractivity contribution in [2.75, 3.05) is 52.9 Å². The molecule has 0 aromatic carbocycles. The van der Waals surface area contributed by atoms with Gasteiger partial charge in [-0.05, 0) is 5.92 Å². The van der Waals surface area contributed by atoms with Gasteiger partial charge in [-0.3, -0.25) is 4.79 Å². The molecule has 0 aliphatic carbocycles. The molecule has 1 atom stereocenters. The Bertz CT molecular complexity index is 222. The lowest BCUT2D eigenvalue weighted by atomic mass is 10.1. The lowest BCUT2D eigenvalue weighted by molar-refractivity contribution is -0.138. The van der Waals surface area contributed by atoms with E-state index in [1.807, 2.05) is 0 Å². The van der Waals surface area contributed by atoms with Gasteiger partial charge in [0.1, 0.15) is 0 Å². The molecular weight excluding hydrogens is 264 g/mol. The van der Waals surface area contributed by atoms with Crippen molar-refractivity contribution in [1.82, 2.24) is 0 Å². The van der Waals surface area contributed by atoms with E-state index >= 15 is 0 Å². The zero-order valence-corrected chi connectivity index (χ0v) is 12.6. The zero-order chi connectivity index (χ0) is 15.1. The van der Waals surface area contributed by atoms with Gasteiger partial charge < -0.3 is 24.1 Å². The van der Waals surface area contributed by atoms with E-state index in [2.05, 4.69) is 13.8 Å². The third-order valence-electron chi connectivity index (χ3n) is 2.68. The van der Waals surface area contributed by atoms with Gasteiger partial charge in [0, 0.05) is 6.61 Å². The maximum absolute atomic E-state index is 10.2. The summed E-state index contributed by atoms with van der Waals surface area (Å²) in [5.74, 6) is -0.255. The van der Waals surface area contributed by atoms with Crippen molar-refractivity contribution >= 4 is 5.97 Å². The third kappa shape index (κ3) is 15.4. The Morgan fingerprint density at radius 3 is 1.80 bits per heavy atom. The second-order valence-corrected chi connectivity index (χ2v) is 4.57. The molecule has 0 spiro atoms. The topological polar surface area (TPSA) is 74.2 Å². The van der Waals surface area contributed by atoms with Crippen LogP contribution in [0.2, 0.25) is 0 Å². The Hall–Kier alpha value is -0.690. The first-order chi connectivity index (χ1) is 9.66. The molecule has 1 unspecified atom stereocenters. The van der Waals surface area contributed by atoms with E-state index in [-0.39, 0.29) is 13.0 Å². The highest BCUT2D eigenvalue weighted by Gasteiger charge is 1.98.